The lowest BCUT2D eigenvalue weighted by Crippen LogP contribution is -2.43. The van der Waals surface area contributed by atoms with Gasteiger partial charge in [0.05, 0.1) is 41.5 Å². The van der Waals surface area contributed by atoms with Crippen molar-refractivity contribution in [1.29, 1.82) is 0 Å². The Morgan fingerprint density at radius 1 is 1.08 bits per heavy atom. The summed E-state index contributed by atoms with van der Waals surface area (Å²) in [7, 11) is 1.64. The Hall–Kier alpha value is -3.73. The summed E-state index contributed by atoms with van der Waals surface area (Å²) in [6, 6.07) is 6.18. The molecule has 204 valence electrons. The van der Waals surface area contributed by atoms with Crippen LogP contribution in [0.4, 0.5) is 23.4 Å². The zero-order valence-corrected chi connectivity index (χ0v) is 21.7. The first kappa shape index (κ1) is 25.5. The van der Waals surface area contributed by atoms with E-state index in [4.69, 9.17) is 9.72 Å². The van der Waals surface area contributed by atoms with Crippen LogP contribution >= 0.6 is 0 Å². The second-order valence-corrected chi connectivity index (χ2v) is 10.5. The van der Waals surface area contributed by atoms with Crippen molar-refractivity contribution in [2.75, 3.05) is 18.0 Å². The quantitative estimate of drug-likeness (QED) is 0.317. The van der Waals surface area contributed by atoms with Crippen LogP contribution in [0.25, 0.3) is 22.0 Å². The van der Waals surface area contributed by atoms with Crippen molar-refractivity contribution in [1.82, 2.24) is 19.3 Å². The maximum Gasteiger partial charge on any atom is 0.416 e. The molecule has 6 rings (SSSR count). The number of halogens is 4. The van der Waals surface area contributed by atoms with E-state index in [1.165, 1.54) is 4.57 Å². The summed E-state index contributed by atoms with van der Waals surface area (Å²) >= 11 is 0. The average Bonchev–Trinajstić information content (AvgIpc) is 3.62. The minimum absolute atomic E-state index is 0.105. The number of alkyl halides is 3. The molecule has 1 aliphatic heterocycles. The lowest BCUT2D eigenvalue weighted by Gasteiger charge is -2.37. The molecule has 1 aromatic carbocycles. The van der Waals surface area contributed by atoms with Gasteiger partial charge in [0.15, 0.2) is 0 Å². The van der Waals surface area contributed by atoms with E-state index in [1.807, 2.05) is 22.7 Å². The third-order valence-electron chi connectivity index (χ3n) is 7.51. The van der Waals surface area contributed by atoms with E-state index >= 15 is 4.39 Å². The number of benzene rings is 1. The van der Waals surface area contributed by atoms with Crippen molar-refractivity contribution in [2.24, 2.45) is 7.05 Å². The van der Waals surface area contributed by atoms with Gasteiger partial charge in [-0.05, 0) is 57.0 Å². The number of nitrogens with zero attached hydrogens (tertiary/aromatic N) is 5. The third kappa shape index (κ3) is 4.69. The fourth-order valence-corrected chi connectivity index (χ4v) is 5.14. The molecular formula is C28H27F4N5O2. The van der Waals surface area contributed by atoms with Crippen LogP contribution in [0.15, 0.2) is 47.5 Å². The van der Waals surface area contributed by atoms with Crippen LogP contribution in [0.5, 0.6) is 0 Å². The largest absolute Gasteiger partial charge is 0.416 e. The highest BCUT2D eigenvalue weighted by Gasteiger charge is 2.33. The number of hydrogen-bond donors (Lipinski definition) is 0. The number of aryl methyl sites for hydroxylation is 1. The van der Waals surface area contributed by atoms with E-state index < -0.39 is 17.6 Å². The van der Waals surface area contributed by atoms with Gasteiger partial charge >= 0.3 is 6.18 Å². The van der Waals surface area contributed by atoms with Crippen LogP contribution in [0.1, 0.15) is 48.7 Å². The summed E-state index contributed by atoms with van der Waals surface area (Å²) in [5.41, 5.74) is 0.166. The Labute approximate surface area is 221 Å². The predicted octanol–water partition coefficient (Wildman–Crippen LogP) is 5.56. The monoisotopic (exact) mass is 541 g/mol. The van der Waals surface area contributed by atoms with E-state index in [2.05, 4.69) is 5.10 Å². The van der Waals surface area contributed by atoms with E-state index in [0.717, 1.165) is 30.5 Å². The van der Waals surface area contributed by atoms with Crippen molar-refractivity contribution in [2.45, 2.75) is 51.1 Å². The Kier molecular flexibility index (Phi) is 6.01. The minimum Gasteiger partial charge on any atom is -0.367 e. The summed E-state index contributed by atoms with van der Waals surface area (Å²) in [6.07, 6.45) is 0.836. The van der Waals surface area contributed by atoms with E-state index in [9.17, 15) is 18.0 Å². The zero-order valence-electron chi connectivity index (χ0n) is 21.7. The van der Waals surface area contributed by atoms with Crippen LogP contribution in [0.2, 0.25) is 0 Å². The molecule has 2 fully saturated rings. The van der Waals surface area contributed by atoms with Gasteiger partial charge in [0.1, 0.15) is 17.7 Å². The first-order chi connectivity index (χ1) is 18.5. The van der Waals surface area contributed by atoms with Gasteiger partial charge < -0.3 is 14.2 Å². The van der Waals surface area contributed by atoms with Crippen molar-refractivity contribution < 1.29 is 22.3 Å². The number of fused-ring (bicyclic) bond motifs is 1. The van der Waals surface area contributed by atoms with Crippen LogP contribution in [-0.2, 0) is 18.0 Å². The molecule has 1 aliphatic carbocycles. The normalized spacial score (nSPS) is 20.1. The SMILES string of the molecule is Cc1cc2c(-c3ccc(C(F)(F)F)cc3F)nc(N3CC(C)OC(c4cnn(C5CC5)c4)C3)cc2c(=O)n1C. The number of anilines is 1. The summed E-state index contributed by atoms with van der Waals surface area (Å²) in [6.45, 7) is 4.55. The molecule has 3 aromatic heterocycles. The Morgan fingerprint density at radius 3 is 2.54 bits per heavy atom. The lowest BCUT2D eigenvalue weighted by molar-refractivity contribution is -0.137. The maximum absolute atomic E-state index is 15.2. The summed E-state index contributed by atoms with van der Waals surface area (Å²) in [4.78, 5) is 20.0. The molecule has 2 aliphatic rings. The molecule has 4 heterocycles. The molecule has 0 N–H and O–H groups in total. The Balaban J connectivity index is 1.47. The molecule has 0 radical (unpaired) electrons. The van der Waals surface area contributed by atoms with Crippen molar-refractivity contribution in [3.8, 4) is 11.3 Å². The third-order valence-corrected chi connectivity index (χ3v) is 7.51. The molecule has 0 amide bonds. The standard InChI is InChI=1S/C28H27F4N5O2/c1-15-8-21-22(27(38)35(15)3)10-25(34-26(21)20-7-4-18(9-23(20)29)28(30,31)32)36-12-16(2)39-24(14-36)17-11-33-37(13-17)19-5-6-19/h4,7-11,13,16,19,24H,5-6,12,14H2,1-3H3. The fraction of sp³-hybridized carbons (Fsp3) is 0.393. The van der Waals surface area contributed by atoms with Gasteiger partial charge in [-0.15, -0.1) is 0 Å². The van der Waals surface area contributed by atoms with Gasteiger partial charge in [0, 0.05) is 42.0 Å². The molecule has 1 saturated heterocycles. The average molecular weight is 542 g/mol. The number of aromatic nitrogens is 4. The molecule has 4 aromatic rings. The highest BCUT2D eigenvalue weighted by Crippen LogP contribution is 2.38. The number of hydrogen-bond acceptors (Lipinski definition) is 5. The van der Waals surface area contributed by atoms with Crippen LogP contribution < -0.4 is 10.5 Å². The van der Waals surface area contributed by atoms with Crippen molar-refractivity contribution in [3.05, 3.63) is 75.7 Å². The second-order valence-electron chi connectivity index (χ2n) is 10.5. The number of ether oxygens (including phenoxy) is 1. The van der Waals surface area contributed by atoms with Crippen LogP contribution in [0.3, 0.4) is 0 Å². The van der Waals surface area contributed by atoms with Crippen LogP contribution in [-0.4, -0.2) is 38.5 Å². The Morgan fingerprint density at radius 2 is 1.85 bits per heavy atom. The molecule has 2 unspecified atom stereocenters. The number of pyridine rings is 2. The summed E-state index contributed by atoms with van der Waals surface area (Å²) in [5.74, 6) is -0.637. The first-order valence-electron chi connectivity index (χ1n) is 12.8. The molecule has 39 heavy (non-hydrogen) atoms. The van der Waals surface area contributed by atoms with Crippen molar-refractivity contribution in [3.63, 3.8) is 0 Å². The highest BCUT2D eigenvalue weighted by molar-refractivity contribution is 5.96. The molecular weight excluding hydrogens is 514 g/mol. The zero-order chi connectivity index (χ0) is 27.6. The van der Waals surface area contributed by atoms with E-state index in [-0.39, 0.29) is 29.0 Å². The van der Waals surface area contributed by atoms with Gasteiger partial charge in [-0.1, -0.05) is 0 Å². The molecule has 1 saturated carbocycles. The lowest BCUT2D eigenvalue weighted by atomic mass is 10.0. The molecule has 7 nitrogen and oxygen atoms in total. The highest BCUT2D eigenvalue weighted by atomic mass is 19.4. The molecule has 0 spiro atoms. The first-order valence-corrected chi connectivity index (χ1v) is 12.8. The van der Waals surface area contributed by atoms with E-state index in [1.54, 1.807) is 32.3 Å². The molecule has 2 atom stereocenters. The second kappa shape index (κ2) is 9.18. The predicted molar refractivity (Wildman–Crippen MR) is 138 cm³/mol. The molecule has 0 bridgehead atoms. The van der Waals surface area contributed by atoms with Gasteiger partial charge in [-0.25, -0.2) is 9.37 Å². The molecule has 11 heteroatoms. The number of rotatable bonds is 4. The van der Waals surface area contributed by atoms with Gasteiger partial charge in [-0.2, -0.15) is 18.3 Å². The summed E-state index contributed by atoms with van der Waals surface area (Å²) in [5, 5.41) is 5.15. The van der Waals surface area contributed by atoms with Gasteiger partial charge in [0.2, 0.25) is 0 Å². The maximum atomic E-state index is 15.2. The fourth-order valence-electron chi connectivity index (χ4n) is 5.14. The van der Waals surface area contributed by atoms with Gasteiger partial charge in [0.25, 0.3) is 5.56 Å². The topological polar surface area (TPSA) is 65.2 Å². The number of morpholine rings is 1. The summed E-state index contributed by atoms with van der Waals surface area (Å²) < 4.78 is 64.5. The van der Waals surface area contributed by atoms with Crippen molar-refractivity contribution >= 4 is 16.6 Å². The van der Waals surface area contributed by atoms with Gasteiger partial charge in [-0.3, -0.25) is 9.48 Å². The minimum atomic E-state index is -4.69. The van der Waals surface area contributed by atoms with E-state index in [0.29, 0.717) is 47.5 Å². The van der Waals surface area contributed by atoms with Crippen LogP contribution in [0, 0.1) is 12.7 Å². The Bertz CT molecular complexity index is 1640. The smallest absolute Gasteiger partial charge is 0.367 e.